The Labute approximate surface area is 123 Å². The maximum atomic E-state index is 12.4. The lowest BCUT2D eigenvalue weighted by atomic mass is 10.0. The van der Waals surface area contributed by atoms with E-state index >= 15 is 0 Å². The van der Waals surface area contributed by atoms with Crippen molar-refractivity contribution in [2.75, 3.05) is 7.11 Å². The second kappa shape index (κ2) is 5.29. The summed E-state index contributed by atoms with van der Waals surface area (Å²) in [5, 5.41) is 0.727. The van der Waals surface area contributed by atoms with Crippen molar-refractivity contribution < 1.29 is 9.53 Å². The van der Waals surface area contributed by atoms with Crippen molar-refractivity contribution in [2.24, 2.45) is 5.92 Å². The van der Waals surface area contributed by atoms with Gasteiger partial charge in [-0.3, -0.25) is 4.79 Å². The molecule has 0 amide bonds. The largest absolute Gasteiger partial charge is 0.497 e. The first kappa shape index (κ1) is 13.2. The number of rotatable bonds is 4. The molecule has 3 heteroatoms. The number of carbonyl (C=O) groups excluding carboxylic acids is 1. The zero-order valence-corrected chi connectivity index (χ0v) is 11.9. The third-order valence-corrected chi connectivity index (χ3v) is 4.01. The van der Waals surface area contributed by atoms with Crippen LogP contribution in [-0.4, -0.2) is 12.9 Å². The maximum absolute atomic E-state index is 12.4. The minimum atomic E-state index is 0.0851. The van der Waals surface area contributed by atoms with Gasteiger partial charge in [0, 0.05) is 16.5 Å². The van der Waals surface area contributed by atoms with Crippen molar-refractivity contribution in [3.05, 3.63) is 64.7 Å². The minimum absolute atomic E-state index is 0.0851. The first-order chi connectivity index (χ1) is 9.69. The van der Waals surface area contributed by atoms with Gasteiger partial charge in [0.1, 0.15) is 5.75 Å². The van der Waals surface area contributed by atoms with E-state index in [9.17, 15) is 4.79 Å². The number of carbonyl (C=O) groups is 1. The van der Waals surface area contributed by atoms with Gasteiger partial charge in [-0.2, -0.15) is 0 Å². The predicted molar refractivity (Wildman–Crippen MR) is 79.6 cm³/mol. The van der Waals surface area contributed by atoms with Gasteiger partial charge in [0.15, 0.2) is 5.78 Å². The molecule has 0 saturated heterocycles. The Kier molecular flexibility index (Phi) is 3.49. The van der Waals surface area contributed by atoms with Gasteiger partial charge in [0.05, 0.1) is 7.11 Å². The molecule has 0 spiro atoms. The van der Waals surface area contributed by atoms with Crippen molar-refractivity contribution in [1.82, 2.24) is 0 Å². The predicted octanol–water partition coefficient (Wildman–Crippen LogP) is 4.34. The van der Waals surface area contributed by atoms with Crippen LogP contribution in [0.15, 0.2) is 48.5 Å². The Hall–Kier alpha value is -1.80. The number of Topliss-reactive ketones (excluding diaryl/α,β-unsaturated/α-hetero) is 1. The second-order valence-electron chi connectivity index (χ2n) is 5.10. The normalized spacial score (nSPS) is 20.5. The number of benzene rings is 2. The smallest absolute Gasteiger partial charge is 0.166 e. The first-order valence-corrected chi connectivity index (χ1v) is 7.00. The fourth-order valence-electron chi connectivity index (χ4n) is 2.56. The minimum Gasteiger partial charge on any atom is -0.497 e. The van der Waals surface area contributed by atoms with Gasteiger partial charge in [-0.15, -0.1) is 0 Å². The van der Waals surface area contributed by atoms with Crippen LogP contribution in [0.4, 0.5) is 0 Å². The van der Waals surface area contributed by atoms with Crippen molar-refractivity contribution in [3.8, 4) is 5.75 Å². The Bertz CT molecular complexity index is 634. The summed E-state index contributed by atoms with van der Waals surface area (Å²) in [6.07, 6.45) is 0.908. The Morgan fingerprint density at radius 1 is 1.20 bits per heavy atom. The third-order valence-electron chi connectivity index (χ3n) is 3.78. The molecule has 1 fully saturated rings. The van der Waals surface area contributed by atoms with E-state index in [-0.39, 0.29) is 11.7 Å². The Morgan fingerprint density at radius 2 is 1.95 bits per heavy atom. The van der Waals surface area contributed by atoms with Gasteiger partial charge in [-0.25, -0.2) is 0 Å². The molecule has 2 atom stereocenters. The SMILES string of the molecule is COc1ccc(C(=O)C2CC2c2cccc(Cl)c2)cc1. The average molecular weight is 287 g/mol. The van der Waals surface area contributed by atoms with Gasteiger partial charge in [-0.1, -0.05) is 23.7 Å². The van der Waals surface area contributed by atoms with Crippen LogP contribution in [0.25, 0.3) is 0 Å². The molecule has 102 valence electrons. The van der Waals surface area contributed by atoms with Crippen LogP contribution in [0, 0.1) is 5.92 Å². The topological polar surface area (TPSA) is 26.3 Å². The van der Waals surface area contributed by atoms with Gasteiger partial charge in [0.25, 0.3) is 0 Å². The van der Waals surface area contributed by atoms with E-state index in [2.05, 4.69) is 0 Å². The zero-order valence-electron chi connectivity index (χ0n) is 11.2. The Balaban J connectivity index is 1.73. The van der Waals surface area contributed by atoms with Crippen LogP contribution in [0.1, 0.15) is 28.3 Å². The fourth-order valence-corrected chi connectivity index (χ4v) is 2.76. The molecule has 20 heavy (non-hydrogen) atoms. The number of hydrogen-bond donors (Lipinski definition) is 0. The van der Waals surface area contributed by atoms with Crippen LogP contribution in [0.2, 0.25) is 5.02 Å². The monoisotopic (exact) mass is 286 g/mol. The maximum Gasteiger partial charge on any atom is 0.166 e. The molecule has 2 nitrogen and oxygen atoms in total. The quantitative estimate of drug-likeness (QED) is 0.782. The summed E-state index contributed by atoms with van der Waals surface area (Å²) in [6.45, 7) is 0. The van der Waals surface area contributed by atoms with E-state index in [0.717, 1.165) is 28.3 Å². The molecule has 0 aliphatic heterocycles. The highest BCUT2D eigenvalue weighted by molar-refractivity contribution is 6.30. The highest BCUT2D eigenvalue weighted by atomic mass is 35.5. The molecule has 2 unspecified atom stereocenters. The van der Waals surface area contributed by atoms with Gasteiger partial charge < -0.3 is 4.74 Å². The van der Waals surface area contributed by atoms with Crippen LogP contribution < -0.4 is 4.74 Å². The van der Waals surface area contributed by atoms with E-state index in [4.69, 9.17) is 16.3 Å². The summed E-state index contributed by atoms with van der Waals surface area (Å²) in [5.41, 5.74) is 1.91. The molecule has 1 saturated carbocycles. The summed E-state index contributed by atoms with van der Waals surface area (Å²) in [6, 6.07) is 15.1. The molecular formula is C17H15ClO2. The molecule has 1 aliphatic carbocycles. The van der Waals surface area contributed by atoms with Gasteiger partial charge in [0.2, 0.25) is 0 Å². The molecule has 0 N–H and O–H groups in total. The molecule has 0 heterocycles. The first-order valence-electron chi connectivity index (χ1n) is 6.63. The second-order valence-corrected chi connectivity index (χ2v) is 5.53. The van der Waals surface area contributed by atoms with E-state index in [1.54, 1.807) is 7.11 Å². The molecule has 3 rings (SSSR count). The standard InChI is InChI=1S/C17H15ClO2/c1-20-14-7-5-11(6-8-14)17(19)16-10-15(16)12-3-2-4-13(18)9-12/h2-9,15-16H,10H2,1H3. The summed E-state index contributed by atoms with van der Waals surface area (Å²) in [4.78, 5) is 12.4. The molecule has 0 aromatic heterocycles. The van der Waals surface area contributed by atoms with E-state index in [0.29, 0.717) is 5.92 Å². The summed E-state index contributed by atoms with van der Waals surface area (Å²) in [7, 11) is 1.62. The van der Waals surface area contributed by atoms with Crippen molar-refractivity contribution >= 4 is 17.4 Å². The molecule has 0 radical (unpaired) electrons. The number of ketones is 1. The van der Waals surface area contributed by atoms with Crippen molar-refractivity contribution in [1.29, 1.82) is 0 Å². The van der Waals surface area contributed by atoms with Gasteiger partial charge in [-0.05, 0) is 54.3 Å². The summed E-state index contributed by atoms with van der Waals surface area (Å²) in [5.74, 6) is 1.37. The highest BCUT2D eigenvalue weighted by Gasteiger charge is 2.43. The lowest BCUT2D eigenvalue weighted by Crippen LogP contribution is -2.03. The fraction of sp³-hybridized carbons (Fsp3) is 0.235. The number of halogens is 1. The Morgan fingerprint density at radius 3 is 2.60 bits per heavy atom. The van der Waals surface area contributed by atoms with Gasteiger partial charge >= 0.3 is 0 Å². The van der Waals surface area contributed by atoms with E-state index in [1.807, 2.05) is 48.5 Å². The van der Waals surface area contributed by atoms with Crippen LogP contribution in [0.3, 0.4) is 0 Å². The van der Waals surface area contributed by atoms with Crippen LogP contribution >= 0.6 is 11.6 Å². The molecule has 2 aromatic rings. The lowest BCUT2D eigenvalue weighted by molar-refractivity contribution is 0.0965. The van der Waals surface area contributed by atoms with Crippen molar-refractivity contribution in [3.63, 3.8) is 0 Å². The lowest BCUT2D eigenvalue weighted by Gasteiger charge is -2.03. The summed E-state index contributed by atoms with van der Waals surface area (Å²) < 4.78 is 5.10. The van der Waals surface area contributed by atoms with Crippen molar-refractivity contribution in [2.45, 2.75) is 12.3 Å². The summed E-state index contributed by atoms with van der Waals surface area (Å²) >= 11 is 6.00. The molecule has 1 aliphatic rings. The van der Waals surface area contributed by atoms with E-state index in [1.165, 1.54) is 0 Å². The third kappa shape index (κ3) is 2.56. The molecule has 0 bridgehead atoms. The molecule has 2 aromatic carbocycles. The zero-order chi connectivity index (χ0) is 14.1. The average Bonchev–Trinajstić information content (AvgIpc) is 3.27. The highest BCUT2D eigenvalue weighted by Crippen LogP contribution is 2.49. The van der Waals surface area contributed by atoms with Crippen LogP contribution in [-0.2, 0) is 0 Å². The molecular weight excluding hydrogens is 272 g/mol. The van der Waals surface area contributed by atoms with Crippen LogP contribution in [0.5, 0.6) is 5.75 Å². The number of hydrogen-bond acceptors (Lipinski definition) is 2. The number of methoxy groups -OCH3 is 1. The number of ether oxygens (including phenoxy) is 1. The van der Waals surface area contributed by atoms with E-state index < -0.39 is 0 Å².